The van der Waals surface area contributed by atoms with Crippen molar-refractivity contribution < 1.29 is 0 Å². The largest absolute Gasteiger partial charge is 0.255 e. The van der Waals surface area contributed by atoms with Gasteiger partial charge in [-0.3, -0.25) is 4.98 Å². The summed E-state index contributed by atoms with van der Waals surface area (Å²) in [4.78, 5) is 5.11. The molecular formula is C47H29N. The van der Waals surface area contributed by atoms with Gasteiger partial charge in [-0.15, -0.1) is 0 Å². The maximum atomic E-state index is 5.11. The third-order valence-electron chi connectivity index (χ3n) is 10.0. The average molecular weight is 608 g/mol. The molecule has 0 atom stereocenters. The Morgan fingerprint density at radius 1 is 0.312 bits per heavy atom. The summed E-state index contributed by atoms with van der Waals surface area (Å²) in [6.07, 6.45) is 2.08. The molecule has 0 saturated carbocycles. The van der Waals surface area contributed by atoms with Crippen LogP contribution in [0.2, 0.25) is 0 Å². The van der Waals surface area contributed by atoms with E-state index in [-0.39, 0.29) is 0 Å². The van der Waals surface area contributed by atoms with Crippen molar-refractivity contribution in [1.29, 1.82) is 0 Å². The Morgan fingerprint density at radius 3 is 1.46 bits per heavy atom. The Labute approximate surface area is 279 Å². The molecule has 222 valence electrons. The molecule has 1 aliphatic rings. The van der Waals surface area contributed by atoms with Gasteiger partial charge in [0.2, 0.25) is 0 Å². The molecule has 9 aromatic rings. The lowest BCUT2D eigenvalue weighted by molar-refractivity contribution is 1.36. The first-order valence-electron chi connectivity index (χ1n) is 16.6. The van der Waals surface area contributed by atoms with Crippen molar-refractivity contribution in [2.75, 3.05) is 0 Å². The first-order valence-corrected chi connectivity index (χ1v) is 16.6. The molecule has 0 N–H and O–H groups in total. The number of nitrogens with zero attached hydrogens (tertiary/aromatic N) is 1. The number of benzene rings is 8. The van der Waals surface area contributed by atoms with Crippen molar-refractivity contribution in [2.24, 2.45) is 0 Å². The zero-order valence-electron chi connectivity index (χ0n) is 26.2. The molecule has 0 saturated heterocycles. The summed E-state index contributed by atoms with van der Waals surface area (Å²) in [6, 6.07) is 61.6. The van der Waals surface area contributed by atoms with Gasteiger partial charge in [0.1, 0.15) is 0 Å². The van der Waals surface area contributed by atoms with Crippen molar-refractivity contribution in [3.05, 3.63) is 176 Å². The van der Waals surface area contributed by atoms with Crippen LogP contribution in [0.5, 0.6) is 0 Å². The molecule has 8 aromatic carbocycles. The minimum atomic E-state index is 1.01. The Kier molecular flexibility index (Phi) is 5.94. The van der Waals surface area contributed by atoms with E-state index in [0.717, 1.165) is 22.2 Å². The van der Waals surface area contributed by atoms with Crippen LogP contribution in [0.3, 0.4) is 0 Å². The van der Waals surface area contributed by atoms with Gasteiger partial charge >= 0.3 is 0 Å². The van der Waals surface area contributed by atoms with Crippen LogP contribution in [0.15, 0.2) is 176 Å². The fraction of sp³-hybridized carbons (Fsp3) is 0. The second kappa shape index (κ2) is 10.6. The highest BCUT2D eigenvalue weighted by atomic mass is 14.7. The summed E-state index contributed by atoms with van der Waals surface area (Å²) in [6.45, 7) is 0. The van der Waals surface area contributed by atoms with E-state index >= 15 is 0 Å². The number of pyridine rings is 1. The normalized spacial score (nSPS) is 11.8. The molecule has 1 heterocycles. The van der Waals surface area contributed by atoms with E-state index in [1.165, 1.54) is 77.0 Å². The maximum absolute atomic E-state index is 5.11. The molecule has 0 amide bonds. The molecule has 0 aliphatic heterocycles. The van der Waals surface area contributed by atoms with Crippen LogP contribution in [0.25, 0.3) is 99.2 Å². The molecule has 0 bridgehead atoms. The van der Waals surface area contributed by atoms with Crippen LogP contribution in [0.1, 0.15) is 0 Å². The topological polar surface area (TPSA) is 12.9 Å². The molecular weight excluding hydrogens is 579 g/mol. The van der Waals surface area contributed by atoms with Crippen molar-refractivity contribution in [3.8, 4) is 66.9 Å². The highest BCUT2D eigenvalue weighted by molar-refractivity contribution is 6.28. The quantitative estimate of drug-likeness (QED) is 0.194. The minimum Gasteiger partial charge on any atom is -0.255 e. The summed E-state index contributed by atoms with van der Waals surface area (Å²) in [5, 5.41) is 7.48. The third-order valence-corrected chi connectivity index (χ3v) is 10.0. The van der Waals surface area contributed by atoms with Crippen molar-refractivity contribution in [2.45, 2.75) is 0 Å². The fourth-order valence-electron chi connectivity index (χ4n) is 8.02. The predicted octanol–water partition coefficient (Wildman–Crippen LogP) is 12.9. The SMILES string of the molecule is c1ccc(-c2ncc(-c3cc4c5c(cccc5c3)-c3c-4c(-c4ccccc4)c4ccccc4c3-c3ccccc3)c3ccccc23)cc1. The number of rotatable bonds is 4. The lowest BCUT2D eigenvalue weighted by atomic mass is 9.82. The third kappa shape index (κ3) is 3.95. The van der Waals surface area contributed by atoms with Crippen LogP contribution in [0, 0.1) is 0 Å². The monoisotopic (exact) mass is 607 g/mol. The molecule has 0 radical (unpaired) electrons. The molecule has 0 spiro atoms. The Bertz CT molecular complexity index is 2690. The van der Waals surface area contributed by atoms with E-state index in [0.29, 0.717) is 0 Å². The van der Waals surface area contributed by atoms with E-state index in [4.69, 9.17) is 4.98 Å². The van der Waals surface area contributed by atoms with Gasteiger partial charge in [-0.25, -0.2) is 0 Å². The van der Waals surface area contributed by atoms with Gasteiger partial charge in [0.05, 0.1) is 5.69 Å². The molecule has 0 fully saturated rings. The van der Waals surface area contributed by atoms with Gasteiger partial charge in [0, 0.05) is 22.7 Å². The zero-order valence-corrected chi connectivity index (χ0v) is 26.2. The minimum absolute atomic E-state index is 1.01. The Balaban J connectivity index is 1.33. The number of fused-ring (bicyclic) bond motifs is 5. The van der Waals surface area contributed by atoms with Crippen LogP contribution in [0.4, 0.5) is 0 Å². The smallest absolute Gasteiger partial charge is 0.0780 e. The molecule has 1 heteroatoms. The van der Waals surface area contributed by atoms with Crippen molar-refractivity contribution >= 4 is 32.3 Å². The number of hydrogen-bond donors (Lipinski definition) is 0. The second-order valence-corrected chi connectivity index (χ2v) is 12.6. The average Bonchev–Trinajstić information content (AvgIpc) is 3.49. The molecule has 1 aromatic heterocycles. The van der Waals surface area contributed by atoms with Gasteiger partial charge in [-0.1, -0.05) is 158 Å². The predicted molar refractivity (Wildman–Crippen MR) is 203 cm³/mol. The van der Waals surface area contributed by atoms with Gasteiger partial charge in [0.15, 0.2) is 0 Å². The van der Waals surface area contributed by atoms with E-state index in [1.807, 2.05) is 0 Å². The summed E-state index contributed by atoms with van der Waals surface area (Å²) < 4.78 is 0. The van der Waals surface area contributed by atoms with Crippen molar-refractivity contribution in [3.63, 3.8) is 0 Å². The van der Waals surface area contributed by atoms with Crippen LogP contribution in [-0.4, -0.2) is 4.98 Å². The van der Waals surface area contributed by atoms with Gasteiger partial charge < -0.3 is 0 Å². The molecule has 0 unspecified atom stereocenters. The van der Waals surface area contributed by atoms with Crippen LogP contribution < -0.4 is 0 Å². The van der Waals surface area contributed by atoms with E-state index in [9.17, 15) is 0 Å². The van der Waals surface area contributed by atoms with Crippen molar-refractivity contribution in [1.82, 2.24) is 4.98 Å². The highest BCUT2D eigenvalue weighted by Gasteiger charge is 2.31. The van der Waals surface area contributed by atoms with E-state index in [2.05, 4.69) is 176 Å². The van der Waals surface area contributed by atoms with Gasteiger partial charge in [-0.05, 0) is 89.1 Å². The second-order valence-electron chi connectivity index (χ2n) is 12.6. The van der Waals surface area contributed by atoms with E-state index in [1.54, 1.807) is 0 Å². The van der Waals surface area contributed by atoms with Crippen LogP contribution >= 0.6 is 0 Å². The summed E-state index contributed by atoms with van der Waals surface area (Å²) in [7, 11) is 0. The molecule has 1 nitrogen and oxygen atoms in total. The number of aromatic nitrogens is 1. The Hall–Kier alpha value is -6.31. The fourth-order valence-corrected chi connectivity index (χ4v) is 8.02. The summed E-state index contributed by atoms with van der Waals surface area (Å²) >= 11 is 0. The highest BCUT2D eigenvalue weighted by Crippen LogP contribution is 2.58. The lowest BCUT2D eigenvalue weighted by Crippen LogP contribution is -1.93. The van der Waals surface area contributed by atoms with Gasteiger partial charge in [0.25, 0.3) is 0 Å². The Morgan fingerprint density at radius 2 is 0.833 bits per heavy atom. The summed E-state index contributed by atoms with van der Waals surface area (Å²) in [5.41, 5.74) is 14.7. The molecule has 48 heavy (non-hydrogen) atoms. The first-order chi connectivity index (χ1) is 23.8. The van der Waals surface area contributed by atoms with Gasteiger partial charge in [-0.2, -0.15) is 0 Å². The van der Waals surface area contributed by atoms with E-state index < -0.39 is 0 Å². The standard InChI is InChI=1S/C47H29N/c1-4-15-30(16-5-1)43-36-23-11-12-24-37(36)44(31-17-6-2-7-18-31)46-40-28-34(27-33-21-14-26-39(42(33)40)45(43)46)41-29-48-47(32-19-8-3-9-20-32)38-25-13-10-22-35(38)41/h1-29H. The lowest BCUT2D eigenvalue weighted by Gasteiger charge is -2.20. The molecule has 10 rings (SSSR count). The zero-order chi connectivity index (χ0) is 31.6. The first kappa shape index (κ1) is 26.9. The molecule has 1 aliphatic carbocycles. The number of hydrogen-bond acceptors (Lipinski definition) is 1. The van der Waals surface area contributed by atoms with Crippen LogP contribution in [-0.2, 0) is 0 Å². The summed E-state index contributed by atoms with van der Waals surface area (Å²) in [5.74, 6) is 0. The maximum Gasteiger partial charge on any atom is 0.0780 e.